The lowest BCUT2D eigenvalue weighted by Gasteiger charge is -2.22. The van der Waals surface area contributed by atoms with Gasteiger partial charge in [-0.15, -0.1) is 0 Å². The first kappa shape index (κ1) is 5.34. The van der Waals surface area contributed by atoms with Gasteiger partial charge in [0.05, 0.1) is 0 Å². The summed E-state index contributed by atoms with van der Waals surface area (Å²) in [5, 5.41) is 0. The molecule has 0 aliphatic heterocycles. The molecule has 0 heterocycles. The number of Topliss-reactive ketones (excluding diaryl/α,β-unsaturated/α-hetero) is 1. The molecule has 0 aromatic heterocycles. The smallest absolute Gasteiger partial charge is 0.139 e. The first-order chi connectivity index (χ1) is 4.84. The van der Waals surface area contributed by atoms with Crippen LogP contribution in [0, 0.1) is 23.7 Å². The van der Waals surface area contributed by atoms with Gasteiger partial charge in [-0.05, 0) is 37.5 Å². The minimum Gasteiger partial charge on any atom is -0.299 e. The Balaban J connectivity index is 2.06. The summed E-state index contributed by atoms with van der Waals surface area (Å²) in [6.07, 6.45) is 5.12. The van der Waals surface area contributed by atoms with Crippen LogP contribution in [0.25, 0.3) is 0 Å². The normalized spacial score (nSPS) is 56.6. The van der Waals surface area contributed by atoms with E-state index in [9.17, 15) is 4.79 Å². The molecular formula is C9H12O. The zero-order valence-electron chi connectivity index (χ0n) is 6.05. The van der Waals surface area contributed by atoms with Crippen LogP contribution in [0.3, 0.4) is 0 Å². The highest BCUT2D eigenvalue weighted by Crippen LogP contribution is 2.55. The van der Waals surface area contributed by atoms with Crippen LogP contribution in [0.4, 0.5) is 0 Å². The van der Waals surface area contributed by atoms with Gasteiger partial charge in [-0.2, -0.15) is 0 Å². The minimum absolute atomic E-state index is 0.516. The molecule has 54 valence electrons. The second-order valence-electron chi connectivity index (χ2n) is 4.27. The van der Waals surface area contributed by atoms with E-state index in [2.05, 4.69) is 0 Å². The van der Waals surface area contributed by atoms with Gasteiger partial charge in [0.2, 0.25) is 0 Å². The Morgan fingerprint density at radius 1 is 1.10 bits per heavy atom. The molecular weight excluding hydrogens is 124 g/mol. The van der Waals surface area contributed by atoms with E-state index in [1.807, 2.05) is 0 Å². The topological polar surface area (TPSA) is 17.1 Å². The van der Waals surface area contributed by atoms with E-state index in [1.165, 1.54) is 25.7 Å². The summed E-state index contributed by atoms with van der Waals surface area (Å²) in [5.41, 5.74) is 0. The van der Waals surface area contributed by atoms with E-state index in [1.54, 1.807) is 0 Å². The molecule has 4 fully saturated rings. The Morgan fingerprint density at radius 3 is 2.70 bits per heavy atom. The molecule has 4 aliphatic rings. The molecule has 4 bridgehead atoms. The second-order valence-corrected chi connectivity index (χ2v) is 4.27. The fraction of sp³-hybridized carbons (Fsp3) is 0.889. The third-order valence-corrected chi connectivity index (χ3v) is 3.77. The van der Waals surface area contributed by atoms with E-state index in [0.29, 0.717) is 17.6 Å². The molecule has 4 aliphatic carbocycles. The van der Waals surface area contributed by atoms with Crippen molar-refractivity contribution in [2.75, 3.05) is 0 Å². The van der Waals surface area contributed by atoms with E-state index in [4.69, 9.17) is 0 Å². The zero-order valence-corrected chi connectivity index (χ0v) is 6.05. The summed E-state index contributed by atoms with van der Waals surface area (Å²) in [6.45, 7) is 0. The van der Waals surface area contributed by atoms with Crippen molar-refractivity contribution >= 4 is 5.78 Å². The fourth-order valence-electron chi connectivity index (χ4n) is 3.44. The Morgan fingerprint density at radius 2 is 2.00 bits per heavy atom. The van der Waals surface area contributed by atoms with Gasteiger partial charge in [0.15, 0.2) is 0 Å². The van der Waals surface area contributed by atoms with Crippen LogP contribution < -0.4 is 0 Å². The van der Waals surface area contributed by atoms with Crippen LogP contribution in [-0.4, -0.2) is 5.78 Å². The quantitative estimate of drug-likeness (QED) is 0.494. The number of hydrogen-bond acceptors (Lipinski definition) is 1. The van der Waals surface area contributed by atoms with Gasteiger partial charge in [-0.25, -0.2) is 0 Å². The summed E-state index contributed by atoms with van der Waals surface area (Å²) in [6, 6.07) is 0. The van der Waals surface area contributed by atoms with Gasteiger partial charge >= 0.3 is 0 Å². The Kier molecular flexibility index (Phi) is 0.781. The van der Waals surface area contributed by atoms with Crippen molar-refractivity contribution < 1.29 is 4.79 Å². The molecule has 10 heavy (non-hydrogen) atoms. The molecule has 0 saturated heterocycles. The largest absolute Gasteiger partial charge is 0.299 e. The van der Waals surface area contributed by atoms with Crippen LogP contribution in [0.15, 0.2) is 0 Å². The molecule has 0 N–H and O–H groups in total. The van der Waals surface area contributed by atoms with Gasteiger partial charge in [-0.1, -0.05) is 0 Å². The predicted molar refractivity (Wildman–Crippen MR) is 37.4 cm³/mol. The van der Waals surface area contributed by atoms with Gasteiger partial charge < -0.3 is 0 Å². The number of carbonyl (C=O) groups excluding carboxylic acids is 1. The van der Waals surface area contributed by atoms with Gasteiger partial charge in [0, 0.05) is 11.8 Å². The average Bonchev–Trinajstić information content (AvgIpc) is 2.31. The highest BCUT2D eigenvalue weighted by atomic mass is 16.1. The maximum Gasteiger partial charge on any atom is 0.139 e. The van der Waals surface area contributed by atoms with E-state index >= 15 is 0 Å². The standard InChI is InChI=1S/C9H12O/c10-9-7-2-5-1-6(4-7)8(9)3-5/h5-8H,1-4H2/t5-,6+,7-,8+/m1/s1. The average molecular weight is 136 g/mol. The number of rotatable bonds is 0. The van der Waals surface area contributed by atoms with Crippen molar-refractivity contribution in [3.05, 3.63) is 0 Å². The maximum absolute atomic E-state index is 11.4. The molecule has 4 rings (SSSR count). The van der Waals surface area contributed by atoms with E-state index < -0.39 is 0 Å². The lowest BCUT2D eigenvalue weighted by atomic mass is 9.81. The Hall–Kier alpha value is -0.330. The van der Waals surface area contributed by atoms with Crippen molar-refractivity contribution in [3.8, 4) is 0 Å². The summed E-state index contributed by atoms with van der Waals surface area (Å²) in [5.74, 6) is 3.45. The number of carbonyl (C=O) groups is 1. The molecule has 4 atom stereocenters. The molecule has 1 heteroatoms. The summed E-state index contributed by atoms with van der Waals surface area (Å²) in [7, 11) is 0. The SMILES string of the molecule is O=C1[C@@H]2C[C@H]3C[C@@H](C2)[C@@H]1C3. The van der Waals surface area contributed by atoms with Crippen molar-refractivity contribution in [2.45, 2.75) is 25.7 Å². The monoisotopic (exact) mass is 136 g/mol. The second kappa shape index (κ2) is 1.46. The van der Waals surface area contributed by atoms with Crippen molar-refractivity contribution in [1.82, 2.24) is 0 Å². The number of hydrogen-bond donors (Lipinski definition) is 0. The molecule has 4 saturated carbocycles. The first-order valence-corrected chi connectivity index (χ1v) is 4.38. The lowest BCUT2D eigenvalue weighted by molar-refractivity contribution is -0.125. The highest BCUT2D eigenvalue weighted by molar-refractivity contribution is 5.87. The Bertz CT molecular complexity index is 193. The van der Waals surface area contributed by atoms with Crippen molar-refractivity contribution in [3.63, 3.8) is 0 Å². The van der Waals surface area contributed by atoms with Gasteiger partial charge in [0.25, 0.3) is 0 Å². The van der Waals surface area contributed by atoms with Crippen LogP contribution in [0.5, 0.6) is 0 Å². The molecule has 0 radical (unpaired) electrons. The molecule has 0 aromatic rings. The summed E-state index contributed by atoms with van der Waals surface area (Å²) in [4.78, 5) is 11.4. The van der Waals surface area contributed by atoms with Gasteiger partial charge in [-0.3, -0.25) is 4.79 Å². The lowest BCUT2D eigenvalue weighted by Crippen LogP contribution is -2.22. The molecule has 0 spiro atoms. The maximum atomic E-state index is 11.4. The summed E-state index contributed by atoms with van der Waals surface area (Å²) < 4.78 is 0. The van der Waals surface area contributed by atoms with Crippen molar-refractivity contribution in [1.29, 1.82) is 0 Å². The number of ketones is 1. The zero-order chi connectivity index (χ0) is 6.72. The molecule has 1 nitrogen and oxygen atoms in total. The predicted octanol–water partition coefficient (Wildman–Crippen LogP) is 1.62. The minimum atomic E-state index is 0.516. The molecule has 0 amide bonds. The van der Waals surface area contributed by atoms with Crippen LogP contribution in [0.2, 0.25) is 0 Å². The third kappa shape index (κ3) is 0.446. The van der Waals surface area contributed by atoms with Crippen LogP contribution >= 0.6 is 0 Å². The van der Waals surface area contributed by atoms with Crippen molar-refractivity contribution in [2.24, 2.45) is 23.7 Å². The fourth-order valence-corrected chi connectivity index (χ4v) is 3.44. The van der Waals surface area contributed by atoms with E-state index in [-0.39, 0.29) is 0 Å². The first-order valence-electron chi connectivity index (χ1n) is 4.38. The van der Waals surface area contributed by atoms with Crippen LogP contribution in [0.1, 0.15) is 25.7 Å². The third-order valence-electron chi connectivity index (χ3n) is 3.77. The van der Waals surface area contributed by atoms with E-state index in [0.717, 1.165) is 11.8 Å². The van der Waals surface area contributed by atoms with Crippen LogP contribution in [-0.2, 0) is 4.79 Å². The highest BCUT2D eigenvalue weighted by Gasteiger charge is 2.53. The molecule has 0 unspecified atom stereocenters. The summed E-state index contributed by atoms with van der Waals surface area (Å²) >= 11 is 0. The Labute approximate surface area is 60.8 Å². The van der Waals surface area contributed by atoms with Gasteiger partial charge in [0.1, 0.15) is 5.78 Å². The molecule has 0 aromatic carbocycles.